The summed E-state index contributed by atoms with van der Waals surface area (Å²) in [6, 6.07) is 1.95. The first kappa shape index (κ1) is 12.2. The minimum atomic E-state index is 0.622. The van der Waals surface area contributed by atoms with Crippen LogP contribution in [0.15, 0.2) is 18.7 Å². The Bertz CT molecular complexity index is 354. The van der Waals surface area contributed by atoms with Gasteiger partial charge in [-0.2, -0.15) is 0 Å². The van der Waals surface area contributed by atoms with Crippen molar-refractivity contribution in [1.29, 1.82) is 0 Å². The minimum Gasteiger partial charge on any atom is -0.333 e. The fourth-order valence-electron chi connectivity index (χ4n) is 3.89. The van der Waals surface area contributed by atoms with Crippen molar-refractivity contribution < 1.29 is 0 Å². The highest BCUT2D eigenvalue weighted by Gasteiger charge is 2.31. The molecule has 3 heteroatoms. The zero-order chi connectivity index (χ0) is 12.4. The van der Waals surface area contributed by atoms with Crippen LogP contribution in [0.5, 0.6) is 0 Å². The predicted octanol–water partition coefficient (Wildman–Crippen LogP) is 3.15. The molecule has 2 aliphatic rings. The van der Waals surface area contributed by atoms with Crippen molar-refractivity contribution in [2.45, 2.75) is 70.0 Å². The molecule has 2 aliphatic carbocycles. The van der Waals surface area contributed by atoms with Crippen molar-refractivity contribution in [3.8, 4) is 0 Å². The molecule has 0 aliphatic heterocycles. The van der Waals surface area contributed by atoms with Gasteiger partial charge in [-0.3, -0.25) is 0 Å². The normalized spacial score (nSPS) is 30.9. The van der Waals surface area contributed by atoms with Crippen LogP contribution in [0.3, 0.4) is 0 Å². The Hall–Kier alpha value is -0.830. The fourth-order valence-corrected chi connectivity index (χ4v) is 3.89. The van der Waals surface area contributed by atoms with Gasteiger partial charge in [0, 0.05) is 30.5 Å². The summed E-state index contributed by atoms with van der Waals surface area (Å²) in [6.07, 6.45) is 15.7. The maximum atomic E-state index is 4.19. The standard InChI is InChI=1S/C15H25N3/c1-12(13-5-2-3-6-13)17-14-7-4-8-15(14)18-10-9-16-11-18/h9-15,17H,2-8H2,1H3. The van der Waals surface area contributed by atoms with Crippen LogP contribution in [0.25, 0.3) is 0 Å². The van der Waals surface area contributed by atoms with Gasteiger partial charge < -0.3 is 9.88 Å². The van der Waals surface area contributed by atoms with Crippen LogP contribution >= 0.6 is 0 Å². The molecular formula is C15H25N3. The van der Waals surface area contributed by atoms with E-state index in [-0.39, 0.29) is 0 Å². The van der Waals surface area contributed by atoms with Gasteiger partial charge in [0.25, 0.3) is 0 Å². The second-order valence-corrected chi connectivity index (χ2v) is 6.11. The average Bonchev–Trinajstić information content (AvgIpc) is 3.11. The highest BCUT2D eigenvalue weighted by atomic mass is 15.1. The molecule has 3 unspecified atom stereocenters. The summed E-state index contributed by atoms with van der Waals surface area (Å²) in [7, 11) is 0. The number of hydrogen-bond donors (Lipinski definition) is 1. The molecule has 0 radical (unpaired) electrons. The summed E-state index contributed by atoms with van der Waals surface area (Å²) in [4.78, 5) is 4.19. The number of nitrogens with zero attached hydrogens (tertiary/aromatic N) is 2. The van der Waals surface area contributed by atoms with Crippen molar-refractivity contribution in [2.24, 2.45) is 5.92 Å². The van der Waals surface area contributed by atoms with Crippen LogP contribution in [-0.4, -0.2) is 21.6 Å². The molecule has 0 amide bonds. The quantitative estimate of drug-likeness (QED) is 0.886. The van der Waals surface area contributed by atoms with Crippen molar-refractivity contribution in [3.63, 3.8) is 0 Å². The maximum Gasteiger partial charge on any atom is 0.0949 e. The number of imidazole rings is 1. The van der Waals surface area contributed by atoms with Gasteiger partial charge in [0.05, 0.1) is 6.33 Å². The number of aromatic nitrogens is 2. The van der Waals surface area contributed by atoms with Gasteiger partial charge in [-0.1, -0.05) is 12.8 Å². The first-order chi connectivity index (χ1) is 8.84. The van der Waals surface area contributed by atoms with Crippen molar-refractivity contribution in [1.82, 2.24) is 14.9 Å². The van der Waals surface area contributed by atoms with E-state index in [1.807, 2.05) is 12.5 Å². The lowest BCUT2D eigenvalue weighted by Crippen LogP contribution is -2.42. The third kappa shape index (κ3) is 2.46. The molecule has 3 atom stereocenters. The van der Waals surface area contributed by atoms with Gasteiger partial charge in [-0.15, -0.1) is 0 Å². The Morgan fingerprint density at radius 3 is 2.72 bits per heavy atom. The molecule has 3 nitrogen and oxygen atoms in total. The monoisotopic (exact) mass is 247 g/mol. The van der Waals surface area contributed by atoms with Crippen LogP contribution in [0.4, 0.5) is 0 Å². The van der Waals surface area contributed by atoms with Gasteiger partial charge in [-0.05, 0) is 44.9 Å². The summed E-state index contributed by atoms with van der Waals surface area (Å²) in [5.74, 6) is 0.911. The molecule has 1 heterocycles. The zero-order valence-corrected chi connectivity index (χ0v) is 11.4. The number of rotatable bonds is 4. The Balaban J connectivity index is 1.61. The van der Waals surface area contributed by atoms with E-state index in [9.17, 15) is 0 Å². The number of nitrogens with one attached hydrogen (secondary N) is 1. The third-order valence-corrected chi connectivity index (χ3v) is 4.97. The van der Waals surface area contributed by atoms with Crippen LogP contribution in [0, 0.1) is 5.92 Å². The Morgan fingerprint density at radius 1 is 1.17 bits per heavy atom. The highest BCUT2D eigenvalue weighted by molar-refractivity contribution is 4.93. The molecule has 2 fully saturated rings. The smallest absolute Gasteiger partial charge is 0.0949 e. The molecule has 0 spiro atoms. The Labute approximate surface area is 110 Å². The molecule has 100 valence electrons. The minimum absolute atomic E-state index is 0.622. The molecule has 1 N–H and O–H groups in total. The molecule has 0 bridgehead atoms. The van der Waals surface area contributed by atoms with E-state index in [0.29, 0.717) is 18.1 Å². The van der Waals surface area contributed by atoms with E-state index in [2.05, 4.69) is 28.0 Å². The summed E-state index contributed by atoms with van der Waals surface area (Å²) in [5.41, 5.74) is 0. The first-order valence-corrected chi connectivity index (χ1v) is 7.58. The second kappa shape index (κ2) is 5.43. The lowest BCUT2D eigenvalue weighted by Gasteiger charge is -2.29. The van der Waals surface area contributed by atoms with E-state index in [4.69, 9.17) is 0 Å². The Morgan fingerprint density at radius 2 is 2.00 bits per heavy atom. The van der Waals surface area contributed by atoms with Gasteiger partial charge >= 0.3 is 0 Å². The van der Waals surface area contributed by atoms with E-state index in [1.165, 1.54) is 44.9 Å². The topological polar surface area (TPSA) is 29.9 Å². The Kier molecular flexibility index (Phi) is 3.69. The van der Waals surface area contributed by atoms with Crippen molar-refractivity contribution in [2.75, 3.05) is 0 Å². The van der Waals surface area contributed by atoms with E-state index in [0.717, 1.165) is 5.92 Å². The first-order valence-electron chi connectivity index (χ1n) is 7.58. The van der Waals surface area contributed by atoms with Crippen LogP contribution in [-0.2, 0) is 0 Å². The molecular weight excluding hydrogens is 222 g/mol. The largest absolute Gasteiger partial charge is 0.333 e. The zero-order valence-electron chi connectivity index (χ0n) is 11.4. The molecule has 1 aromatic heterocycles. The van der Waals surface area contributed by atoms with Crippen LogP contribution in [0.2, 0.25) is 0 Å². The highest BCUT2D eigenvalue weighted by Crippen LogP contribution is 2.33. The van der Waals surface area contributed by atoms with E-state index in [1.54, 1.807) is 0 Å². The van der Waals surface area contributed by atoms with E-state index >= 15 is 0 Å². The molecule has 18 heavy (non-hydrogen) atoms. The van der Waals surface area contributed by atoms with Crippen LogP contribution in [0.1, 0.15) is 57.9 Å². The molecule has 3 rings (SSSR count). The van der Waals surface area contributed by atoms with Gasteiger partial charge in [0.2, 0.25) is 0 Å². The summed E-state index contributed by atoms with van der Waals surface area (Å²) < 4.78 is 2.30. The summed E-state index contributed by atoms with van der Waals surface area (Å²) in [6.45, 7) is 2.39. The summed E-state index contributed by atoms with van der Waals surface area (Å²) in [5, 5.41) is 3.91. The predicted molar refractivity (Wildman–Crippen MR) is 73.5 cm³/mol. The van der Waals surface area contributed by atoms with Crippen LogP contribution < -0.4 is 5.32 Å². The molecule has 1 aromatic rings. The maximum absolute atomic E-state index is 4.19. The average molecular weight is 247 g/mol. The second-order valence-electron chi connectivity index (χ2n) is 6.11. The van der Waals surface area contributed by atoms with Gasteiger partial charge in [0.15, 0.2) is 0 Å². The van der Waals surface area contributed by atoms with Gasteiger partial charge in [-0.25, -0.2) is 4.98 Å². The molecule has 0 aromatic carbocycles. The summed E-state index contributed by atoms with van der Waals surface area (Å²) >= 11 is 0. The SMILES string of the molecule is CC(NC1CCCC1n1ccnc1)C1CCCC1. The van der Waals surface area contributed by atoms with Gasteiger partial charge in [0.1, 0.15) is 0 Å². The molecule has 0 saturated heterocycles. The lowest BCUT2D eigenvalue weighted by atomic mass is 9.98. The fraction of sp³-hybridized carbons (Fsp3) is 0.800. The lowest BCUT2D eigenvalue weighted by molar-refractivity contribution is 0.301. The number of hydrogen-bond acceptors (Lipinski definition) is 2. The van der Waals surface area contributed by atoms with E-state index < -0.39 is 0 Å². The van der Waals surface area contributed by atoms with Crippen molar-refractivity contribution in [3.05, 3.63) is 18.7 Å². The molecule has 2 saturated carbocycles. The van der Waals surface area contributed by atoms with Crippen molar-refractivity contribution >= 4 is 0 Å². The third-order valence-electron chi connectivity index (χ3n) is 4.97.